The number of urea groups is 1. The summed E-state index contributed by atoms with van der Waals surface area (Å²) in [5, 5.41) is 7.00. The van der Waals surface area contributed by atoms with Gasteiger partial charge in [-0.05, 0) is 19.8 Å². The molecule has 110 valence electrons. The van der Waals surface area contributed by atoms with Gasteiger partial charge < -0.3 is 15.4 Å². The van der Waals surface area contributed by atoms with Crippen LogP contribution in [0.5, 0.6) is 0 Å². The van der Waals surface area contributed by atoms with Gasteiger partial charge in [-0.3, -0.25) is 19.7 Å². The Morgan fingerprint density at radius 1 is 1.40 bits per heavy atom. The van der Waals surface area contributed by atoms with Crippen LogP contribution < -0.4 is 16.0 Å². The summed E-state index contributed by atoms with van der Waals surface area (Å²) in [6.07, 6.45) is 1.23. The zero-order valence-corrected chi connectivity index (χ0v) is 11.2. The maximum absolute atomic E-state index is 11.9. The van der Waals surface area contributed by atoms with Crippen molar-refractivity contribution in [3.63, 3.8) is 0 Å². The van der Waals surface area contributed by atoms with E-state index in [9.17, 15) is 19.2 Å². The fourth-order valence-electron chi connectivity index (χ4n) is 2.03. The van der Waals surface area contributed by atoms with E-state index in [1.54, 1.807) is 6.92 Å². The molecule has 0 aromatic rings. The number of ether oxygens (including phenoxy) is 1. The van der Waals surface area contributed by atoms with Crippen molar-refractivity contribution < 1.29 is 23.9 Å². The van der Waals surface area contributed by atoms with E-state index in [1.807, 2.05) is 5.32 Å². The van der Waals surface area contributed by atoms with E-state index < -0.39 is 29.3 Å². The molecule has 0 spiro atoms. The summed E-state index contributed by atoms with van der Waals surface area (Å²) in [4.78, 5) is 45.9. The van der Waals surface area contributed by atoms with Crippen molar-refractivity contribution in [2.24, 2.45) is 5.41 Å². The molecule has 8 nitrogen and oxygen atoms in total. The molecule has 0 radical (unpaired) electrons. The highest BCUT2D eigenvalue weighted by Gasteiger charge is 2.51. The number of nitrogens with one attached hydrogen (secondary N) is 3. The highest BCUT2D eigenvalue weighted by atomic mass is 16.5. The first kappa shape index (κ1) is 14.3. The molecule has 1 aliphatic carbocycles. The van der Waals surface area contributed by atoms with Crippen molar-refractivity contribution in [1.29, 1.82) is 0 Å². The van der Waals surface area contributed by atoms with E-state index in [0.717, 1.165) is 0 Å². The minimum atomic E-state index is -0.894. The summed E-state index contributed by atoms with van der Waals surface area (Å²) in [7, 11) is 0. The number of imide groups is 1. The van der Waals surface area contributed by atoms with Crippen LogP contribution in [-0.4, -0.2) is 43.0 Å². The molecule has 8 heteroatoms. The van der Waals surface area contributed by atoms with E-state index in [2.05, 4.69) is 10.6 Å². The smallest absolute Gasteiger partial charge is 0.322 e. The van der Waals surface area contributed by atoms with Gasteiger partial charge in [0.25, 0.3) is 0 Å². The zero-order chi connectivity index (χ0) is 14.8. The molecule has 1 aliphatic heterocycles. The quantitative estimate of drug-likeness (QED) is 0.563. The molecule has 1 saturated heterocycles. The van der Waals surface area contributed by atoms with Crippen molar-refractivity contribution in [3.8, 4) is 0 Å². The van der Waals surface area contributed by atoms with E-state index in [0.29, 0.717) is 19.4 Å². The van der Waals surface area contributed by atoms with Crippen LogP contribution in [0.3, 0.4) is 0 Å². The Morgan fingerprint density at radius 2 is 2.10 bits per heavy atom. The molecule has 1 saturated carbocycles. The van der Waals surface area contributed by atoms with E-state index in [-0.39, 0.29) is 18.9 Å². The maximum atomic E-state index is 11.9. The first-order chi connectivity index (χ1) is 9.47. The Balaban J connectivity index is 1.85. The van der Waals surface area contributed by atoms with Gasteiger partial charge in [-0.2, -0.15) is 0 Å². The number of carbonyl (C=O) groups is 4. The molecule has 20 heavy (non-hydrogen) atoms. The number of carbonyl (C=O) groups excluding carboxylic acids is 4. The Bertz CT molecular complexity index is 442. The highest BCUT2D eigenvalue weighted by Crippen LogP contribution is 2.46. The zero-order valence-electron chi connectivity index (χ0n) is 11.2. The second kappa shape index (κ2) is 5.48. The van der Waals surface area contributed by atoms with Crippen molar-refractivity contribution >= 4 is 23.8 Å². The van der Waals surface area contributed by atoms with E-state index >= 15 is 0 Å². The summed E-state index contributed by atoms with van der Waals surface area (Å²) < 4.78 is 4.96. The molecule has 4 amide bonds. The molecule has 2 fully saturated rings. The first-order valence-electron chi connectivity index (χ1n) is 6.52. The highest BCUT2D eigenvalue weighted by molar-refractivity contribution is 6.02. The van der Waals surface area contributed by atoms with Crippen molar-refractivity contribution in [3.05, 3.63) is 0 Å². The molecule has 0 aromatic carbocycles. The number of rotatable bonds is 5. The summed E-state index contributed by atoms with van der Waals surface area (Å²) in [6, 6.07) is -1.58. The van der Waals surface area contributed by atoms with Gasteiger partial charge in [-0.15, -0.1) is 0 Å². The fraction of sp³-hybridized carbons (Fsp3) is 0.667. The second-order valence-corrected chi connectivity index (χ2v) is 5.00. The van der Waals surface area contributed by atoms with Gasteiger partial charge in [-0.25, -0.2) is 4.79 Å². The van der Waals surface area contributed by atoms with Gasteiger partial charge in [0.15, 0.2) is 0 Å². The molecule has 0 unspecified atom stereocenters. The Hall–Kier alpha value is -2.12. The van der Waals surface area contributed by atoms with Crippen LogP contribution in [0.2, 0.25) is 0 Å². The average Bonchev–Trinajstić information content (AvgIpc) is 3.16. The van der Waals surface area contributed by atoms with Crippen LogP contribution in [0.1, 0.15) is 26.2 Å². The monoisotopic (exact) mass is 283 g/mol. The maximum Gasteiger partial charge on any atom is 0.322 e. The van der Waals surface area contributed by atoms with Gasteiger partial charge in [0.05, 0.1) is 18.4 Å². The second-order valence-electron chi connectivity index (χ2n) is 5.00. The third-order valence-corrected chi connectivity index (χ3v) is 3.43. The van der Waals surface area contributed by atoms with Crippen LogP contribution in [0.4, 0.5) is 4.79 Å². The lowest BCUT2D eigenvalue weighted by Gasteiger charge is -2.23. The lowest BCUT2D eigenvalue weighted by Crippen LogP contribution is -2.58. The van der Waals surface area contributed by atoms with Gasteiger partial charge in [0.2, 0.25) is 11.8 Å². The van der Waals surface area contributed by atoms with Crippen molar-refractivity contribution in [1.82, 2.24) is 16.0 Å². The standard InChI is InChI=1S/C12H17N3O5/c1-2-20-10(18)12(3-4-12)6-13-9(17)7-5-8(16)15-11(19)14-7/h7H,2-6H2,1H3,(H,13,17)(H2,14,15,16,19)/t7-/m1/s1. The molecule has 1 heterocycles. The molecule has 1 atom stereocenters. The fourth-order valence-corrected chi connectivity index (χ4v) is 2.03. The molecular weight excluding hydrogens is 266 g/mol. The Morgan fingerprint density at radius 3 is 2.65 bits per heavy atom. The van der Waals surface area contributed by atoms with Crippen LogP contribution in [0.25, 0.3) is 0 Å². The summed E-state index contributed by atoms with van der Waals surface area (Å²) in [5.74, 6) is -1.28. The first-order valence-corrected chi connectivity index (χ1v) is 6.52. The number of esters is 1. The molecule has 0 bridgehead atoms. The lowest BCUT2D eigenvalue weighted by molar-refractivity contribution is -0.149. The van der Waals surface area contributed by atoms with Gasteiger partial charge in [0.1, 0.15) is 6.04 Å². The van der Waals surface area contributed by atoms with Crippen molar-refractivity contribution in [2.45, 2.75) is 32.2 Å². The molecule has 2 rings (SSSR count). The molecule has 3 N–H and O–H groups in total. The third-order valence-electron chi connectivity index (χ3n) is 3.43. The molecule has 2 aliphatic rings. The average molecular weight is 283 g/mol. The Labute approximate surface area is 115 Å². The number of hydrogen-bond acceptors (Lipinski definition) is 5. The normalized spacial score (nSPS) is 23.4. The topological polar surface area (TPSA) is 114 Å². The number of amides is 4. The van der Waals surface area contributed by atoms with Gasteiger partial charge in [0, 0.05) is 6.54 Å². The largest absolute Gasteiger partial charge is 0.466 e. The van der Waals surface area contributed by atoms with Crippen LogP contribution in [-0.2, 0) is 19.1 Å². The third kappa shape index (κ3) is 3.06. The minimum Gasteiger partial charge on any atom is -0.466 e. The van der Waals surface area contributed by atoms with Crippen LogP contribution in [0.15, 0.2) is 0 Å². The molecule has 0 aromatic heterocycles. The predicted octanol–water partition coefficient (Wildman–Crippen LogP) is -0.956. The predicted molar refractivity (Wildman–Crippen MR) is 66.4 cm³/mol. The summed E-state index contributed by atoms with van der Waals surface area (Å²) >= 11 is 0. The SMILES string of the molecule is CCOC(=O)C1(CNC(=O)[C@H]2CC(=O)NC(=O)N2)CC1. The summed E-state index contributed by atoms with van der Waals surface area (Å²) in [6.45, 7) is 2.19. The van der Waals surface area contributed by atoms with Crippen LogP contribution in [0, 0.1) is 5.41 Å². The van der Waals surface area contributed by atoms with Crippen LogP contribution >= 0.6 is 0 Å². The van der Waals surface area contributed by atoms with E-state index in [4.69, 9.17) is 4.74 Å². The number of hydrogen-bond donors (Lipinski definition) is 3. The van der Waals surface area contributed by atoms with Gasteiger partial charge in [-0.1, -0.05) is 0 Å². The van der Waals surface area contributed by atoms with E-state index in [1.165, 1.54) is 0 Å². The van der Waals surface area contributed by atoms with Crippen molar-refractivity contribution in [2.75, 3.05) is 13.2 Å². The molecular formula is C12H17N3O5. The minimum absolute atomic E-state index is 0.107. The summed E-state index contributed by atoms with van der Waals surface area (Å²) in [5.41, 5.74) is -0.632. The Kier molecular flexibility index (Phi) is 3.91. The van der Waals surface area contributed by atoms with Gasteiger partial charge >= 0.3 is 12.0 Å². The lowest BCUT2D eigenvalue weighted by atomic mass is 10.1.